The Bertz CT molecular complexity index is 879. The molecule has 3 aromatic rings. The van der Waals surface area contributed by atoms with Gasteiger partial charge in [-0.1, -0.05) is 85.3 Å². The van der Waals surface area contributed by atoms with Gasteiger partial charge in [-0.15, -0.1) is 0 Å². The van der Waals surface area contributed by atoms with E-state index >= 15 is 0 Å². The van der Waals surface area contributed by atoms with Gasteiger partial charge in [-0.05, 0) is 54.2 Å². The van der Waals surface area contributed by atoms with Gasteiger partial charge in [0.2, 0.25) is 0 Å². The van der Waals surface area contributed by atoms with E-state index in [4.69, 9.17) is 11.6 Å². The summed E-state index contributed by atoms with van der Waals surface area (Å²) < 4.78 is 0. The second-order valence-corrected chi connectivity index (χ2v) is 8.04. The van der Waals surface area contributed by atoms with Crippen LogP contribution in [0.15, 0.2) is 78.9 Å². The molecule has 0 saturated carbocycles. The van der Waals surface area contributed by atoms with Crippen LogP contribution in [-0.2, 0) is 6.42 Å². The van der Waals surface area contributed by atoms with Gasteiger partial charge >= 0.3 is 0 Å². The Morgan fingerprint density at radius 1 is 0.929 bits per heavy atom. The first-order valence-corrected chi connectivity index (χ1v) is 10.2. The molecular weight excluding hydrogens is 366 g/mol. The molecule has 2 nitrogen and oxygen atoms in total. The highest BCUT2D eigenvalue weighted by atomic mass is 35.5. The van der Waals surface area contributed by atoms with Crippen molar-refractivity contribution in [2.24, 2.45) is 0 Å². The van der Waals surface area contributed by atoms with Gasteiger partial charge in [-0.3, -0.25) is 0 Å². The molecule has 28 heavy (non-hydrogen) atoms. The summed E-state index contributed by atoms with van der Waals surface area (Å²) in [6.45, 7) is 4.88. The van der Waals surface area contributed by atoms with Gasteiger partial charge in [-0.2, -0.15) is 0 Å². The van der Waals surface area contributed by atoms with Crippen LogP contribution in [0, 0.1) is 0 Å². The zero-order valence-electron chi connectivity index (χ0n) is 16.5. The second-order valence-electron chi connectivity index (χ2n) is 7.61. The van der Waals surface area contributed by atoms with Crippen LogP contribution >= 0.6 is 11.6 Å². The van der Waals surface area contributed by atoms with Crippen LogP contribution in [-0.4, -0.2) is 17.2 Å². The van der Waals surface area contributed by atoms with Crippen molar-refractivity contribution in [3.05, 3.63) is 95.0 Å². The number of benzene rings is 3. The number of aliphatic hydroxyl groups is 1. The fourth-order valence-electron chi connectivity index (χ4n) is 3.38. The quantitative estimate of drug-likeness (QED) is 0.488. The number of aliphatic hydroxyl groups excluding tert-OH is 1. The Morgan fingerprint density at radius 3 is 2.25 bits per heavy atom. The van der Waals surface area contributed by atoms with E-state index in [1.165, 1.54) is 16.7 Å². The summed E-state index contributed by atoms with van der Waals surface area (Å²) >= 11 is 6.04. The molecule has 2 N–H and O–H groups in total. The second kappa shape index (κ2) is 9.38. The average molecular weight is 394 g/mol. The molecule has 0 radical (unpaired) electrons. The predicted molar refractivity (Wildman–Crippen MR) is 119 cm³/mol. The lowest BCUT2D eigenvalue weighted by molar-refractivity contribution is 0.157. The van der Waals surface area contributed by atoms with Gasteiger partial charge in [0.15, 0.2) is 0 Å². The molecule has 0 spiro atoms. The van der Waals surface area contributed by atoms with Crippen molar-refractivity contribution in [2.45, 2.75) is 38.3 Å². The largest absolute Gasteiger partial charge is 0.387 e. The number of hydrogen-bond acceptors (Lipinski definition) is 2. The molecule has 0 amide bonds. The zero-order chi connectivity index (χ0) is 20.0. The van der Waals surface area contributed by atoms with Crippen LogP contribution in [0.3, 0.4) is 0 Å². The molecule has 0 heterocycles. The molecule has 146 valence electrons. The van der Waals surface area contributed by atoms with Crippen LogP contribution in [0.4, 0.5) is 0 Å². The summed E-state index contributed by atoms with van der Waals surface area (Å²) in [7, 11) is 0. The van der Waals surface area contributed by atoms with E-state index in [0.717, 1.165) is 18.4 Å². The first kappa shape index (κ1) is 20.6. The highest BCUT2D eigenvalue weighted by Crippen LogP contribution is 2.23. The van der Waals surface area contributed by atoms with Crippen molar-refractivity contribution < 1.29 is 5.11 Å². The Balaban J connectivity index is 1.63. The fourth-order valence-corrected chi connectivity index (χ4v) is 3.58. The van der Waals surface area contributed by atoms with Crippen molar-refractivity contribution in [1.82, 2.24) is 5.32 Å². The SMILES string of the molecule is CCC(C)(Cc1ccc(-c2ccccc2)cc1)NCC(O)c1cccc(Cl)c1. The Hall–Kier alpha value is -2.13. The van der Waals surface area contributed by atoms with E-state index < -0.39 is 6.10 Å². The van der Waals surface area contributed by atoms with Gasteiger partial charge in [0.25, 0.3) is 0 Å². The summed E-state index contributed by atoms with van der Waals surface area (Å²) in [4.78, 5) is 0. The minimum Gasteiger partial charge on any atom is -0.387 e. The molecule has 0 aliphatic carbocycles. The van der Waals surface area contributed by atoms with Gasteiger partial charge in [-0.25, -0.2) is 0 Å². The van der Waals surface area contributed by atoms with E-state index in [9.17, 15) is 5.11 Å². The number of hydrogen-bond donors (Lipinski definition) is 2. The molecule has 3 aromatic carbocycles. The van der Waals surface area contributed by atoms with E-state index in [1.54, 1.807) is 0 Å². The minimum atomic E-state index is -0.579. The van der Waals surface area contributed by atoms with Crippen LogP contribution in [0.25, 0.3) is 11.1 Å². The average Bonchev–Trinajstić information content (AvgIpc) is 2.73. The molecule has 0 bridgehead atoms. The maximum Gasteiger partial charge on any atom is 0.0915 e. The molecule has 3 heteroatoms. The molecule has 0 aliphatic rings. The summed E-state index contributed by atoms with van der Waals surface area (Å²) in [6, 6.07) is 26.6. The molecular formula is C25H28ClNO. The van der Waals surface area contributed by atoms with Crippen LogP contribution in [0.5, 0.6) is 0 Å². The maximum atomic E-state index is 10.5. The monoisotopic (exact) mass is 393 g/mol. The maximum absolute atomic E-state index is 10.5. The third-order valence-corrected chi connectivity index (χ3v) is 5.63. The van der Waals surface area contributed by atoms with E-state index in [2.05, 4.69) is 67.7 Å². The summed E-state index contributed by atoms with van der Waals surface area (Å²) in [6.07, 6.45) is 1.29. The first-order valence-electron chi connectivity index (χ1n) is 9.82. The van der Waals surface area contributed by atoms with Crippen LogP contribution < -0.4 is 5.32 Å². The van der Waals surface area contributed by atoms with Crippen molar-refractivity contribution in [3.8, 4) is 11.1 Å². The standard InChI is InChI=1S/C25H28ClNO/c1-3-25(2,27-18-24(28)22-10-7-11-23(26)16-22)17-19-12-14-21(15-13-19)20-8-5-4-6-9-20/h4-16,24,27-28H,3,17-18H2,1-2H3. The normalized spacial score (nSPS) is 14.4. The molecule has 0 fully saturated rings. The summed E-state index contributed by atoms with van der Waals surface area (Å²) in [5, 5.41) is 14.7. The highest BCUT2D eigenvalue weighted by Gasteiger charge is 2.23. The fraction of sp³-hybridized carbons (Fsp3) is 0.280. The molecule has 0 aliphatic heterocycles. The summed E-state index contributed by atoms with van der Waals surface area (Å²) in [5.74, 6) is 0. The van der Waals surface area contributed by atoms with E-state index in [1.807, 2.05) is 30.3 Å². The van der Waals surface area contributed by atoms with E-state index in [0.29, 0.717) is 11.6 Å². The Labute approximate surface area is 173 Å². The molecule has 0 aromatic heterocycles. The number of rotatable bonds is 8. The van der Waals surface area contributed by atoms with Gasteiger partial charge in [0.05, 0.1) is 6.10 Å². The third kappa shape index (κ3) is 5.45. The van der Waals surface area contributed by atoms with Gasteiger partial charge in [0.1, 0.15) is 0 Å². The third-order valence-electron chi connectivity index (χ3n) is 5.39. The van der Waals surface area contributed by atoms with E-state index in [-0.39, 0.29) is 5.54 Å². The predicted octanol–water partition coefficient (Wildman–Crippen LogP) is 6.04. The lowest BCUT2D eigenvalue weighted by Crippen LogP contribution is -2.45. The molecule has 2 atom stereocenters. The topological polar surface area (TPSA) is 32.3 Å². The van der Waals surface area contributed by atoms with Crippen LogP contribution in [0.1, 0.15) is 37.5 Å². The van der Waals surface area contributed by atoms with Gasteiger partial charge in [0, 0.05) is 17.1 Å². The first-order chi connectivity index (χ1) is 13.5. The van der Waals surface area contributed by atoms with Crippen molar-refractivity contribution >= 4 is 11.6 Å². The highest BCUT2D eigenvalue weighted by molar-refractivity contribution is 6.30. The Morgan fingerprint density at radius 2 is 1.61 bits per heavy atom. The molecule has 2 unspecified atom stereocenters. The lowest BCUT2D eigenvalue weighted by Gasteiger charge is -2.31. The smallest absolute Gasteiger partial charge is 0.0915 e. The number of halogens is 1. The number of β-amino-alcohol motifs (C(OH)–C–C–N with tert-alkyl or cyclic N) is 1. The van der Waals surface area contributed by atoms with Crippen molar-refractivity contribution in [1.29, 1.82) is 0 Å². The number of nitrogens with one attached hydrogen (secondary N) is 1. The van der Waals surface area contributed by atoms with Crippen LogP contribution in [0.2, 0.25) is 5.02 Å². The molecule has 3 rings (SSSR count). The van der Waals surface area contributed by atoms with Gasteiger partial charge < -0.3 is 10.4 Å². The lowest BCUT2D eigenvalue weighted by atomic mass is 9.89. The summed E-state index contributed by atoms with van der Waals surface area (Å²) in [5.41, 5.74) is 4.50. The zero-order valence-corrected chi connectivity index (χ0v) is 17.3. The molecule has 0 saturated heterocycles. The van der Waals surface area contributed by atoms with Crippen molar-refractivity contribution in [2.75, 3.05) is 6.54 Å². The van der Waals surface area contributed by atoms with Crippen molar-refractivity contribution in [3.63, 3.8) is 0 Å². The Kier molecular flexibility index (Phi) is 6.90. The minimum absolute atomic E-state index is 0.0895.